The van der Waals surface area contributed by atoms with Crippen LogP contribution in [0.4, 0.5) is 0 Å². The zero-order valence-corrected chi connectivity index (χ0v) is 15.9. The Morgan fingerprint density at radius 3 is 2.22 bits per heavy atom. The molecule has 7 nitrogen and oxygen atoms in total. The summed E-state index contributed by atoms with van der Waals surface area (Å²) in [5, 5.41) is 0. The average molecular weight is 374 g/mol. The molecule has 0 atom stereocenters. The lowest BCUT2D eigenvalue weighted by Gasteiger charge is -2.34. The number of nitrogens with zero attached hydrogens (tertiary/aromatic N) is 2. The first-order chi connectivity index (χ1) is 13.1. The molecule has 0 radical (unpaired) electrons. The fourth-order valence-corrected chi connectivity index (χ4v) is 3.33. The van der Waals surface area contributed by atoms with Gasteiger partial charge in [-0.05, 0) is 31.0 Å². The first-order valence-corrected chi connectivity index (χ1v) is 9.19. The lowest BCUT2D eigenvalue weighted by molar-refractivity contribution is -0.127. The Balaban J connectivity index is 1.58. The van der Waals surface area contributed by atoms with Gasteiger partial charge in [-0.1, -0.05) is 5.57 Å². The second-order valence-corrected chi connectivity index (χ2v) is 6.60. The van der Waals surface area contributed by atoms with E-state index in [0.717, 1.165) is 18.4 Å². The molecular formula is C20H26N2O5. The van der Waals surface area contributed by atoms with E-state index in [9.17, 15) is 9.59 Å². The molecule has 146 valence electrons. The fraction of sp³-hybridized carbons (Fsp3) is 0.500. The van der Waals surface area contributed by atoms with Crippen LogP contribution in [0.3, 0.4) is 0 Å². The monoisotopic (exact) mass is 374 g/mol. The van der Waals surface area contributed by atoms with Gasteiger partial charge >= 0.3 is 0 Å². The third-order valence-corrected chi connectivity index (χ3v) is 4.97. The highest BCUT2D eigenvalue weighted by atomic mass is 16.5. The second-order valence-electron chi connectivity index (χ2n) is 6.60. The molecule has 2 amide bonds. The van der Waals surface area contributed by atoms with E-state index < -0.39 is 0 Å². The summed E-state index contributed by atoms with van der Waals surface area (Å²) >= 11 is 0. The average Bonchev–Trinajstić information content (AvgIpc) is 2.73. The van der Waals surface area contributed by atoms with Crippen molar-refractivity contribution in [3.63, 3.8) is 0 Å². The maximum Gasteiger partial charge on any atom is 0.254 e. The predicted molar refractivity (Wildman–Crippen MR) is 100 cm³/mol. The highest BCUT2D eigenvalue weighted by molar-refractivity contribution is 5.95. The molecule has 2 aliphatic rings. The lowest BCUT2D eigenvalue weighted by atomic mass is 10.1. The summed E-state index contributed by atoms with van der Waals surface area (Å²) in [6.45, 7) is 3.49. The van der Waals surface area contributed by atoms with E-state index in [-0.39, 0.29) is 11.8 Å². The molecule has 27 heavy (non-hydrogen) atoms. The van der Waals surface area contributed by atoms with Gasteiger partial charge in [0.1, 0.15) is 0 Å². The molecule has 2 heterocycles. The normalized spacial score (nSPS) is 17.5. The largest absolute Gasteiger partial charge is 0.493 e. The van der Waals surface area contributed by atoms with Crippen molar-refractivity contribution in [2.24, 2.45) is 0 Å². The van der Waals surface area contributed by atoms with Gasteiger partial charge in [0.05, 0.1) is 27.4 Å². The number of carbonyl (C=O) groups excluding carboxylic acids is 2. The predicted octanol–water partition coefficient (Wildman–Crippen LogP) is 1.72. The van der Waals surface area contributed by atoms with Crippen molar-refractivity contribution in [1.29, 1.82) is 0 Å². The number of methoxy groups -OCH3 is 2. The number of carbonyl (C=O) groups is 2. The van der Waals surface area contributed by atoms with Gasteiger partial charge in [0.2, 0.25) is 5.91 Å². The number of piperazine rings is 1. The molecular weight excluding hydrogens is 348 g/mol. The summed E-state index contributed by atoms with van der Waals surface area (Å²) in [6, 6.07) is 5.15. The summed E-state index contributed by atoms with van der Waals surface area (Å²) in [7, 11) is 3.11. The Kier molecular flexibility index (Phi) is 6.34. The Labute approximate surface area is 159 Å². The van der Waals surface area contributed by atoms with Gasteiger partial charge in [0.25, 0.3) is 5.91 Å². The second kappa shape index (κ2) is 8.90. The Morgan fingerprint density at radius 2 is 1.59 bits per heavy atom. The summed E-state index contributed by atoms with van der Waals surface area (Å²) in [4.78, 5) is 28.8. The number of hydrogen-bond acceptors (Lipinski definition) is 5. The minimum atomic E-state index is -0.0640. The number of benzene rings is 1. The van der Waals surface area contributed by atoms with E-state index >= 15 is 0 Å². The smallest absolute Gasteiger partial charge is 0.254 e. The molecule has 0 N–H and O–H groups in total. The quantitative estimate of drug-likeness (QED) is 0.751. The molecule has 0 saturated carbocycles. The van der Waals surface area contributed by atoms with Crippen LogP contribution in [0, 0.1) is 0 Å². The Bertz CT molecular complexity index is 715. The molecule has 0 aromatic heterocycles. The van der Waals surface area contributed by atoms with E-state index in [1.165, 1.54) is 0 Å². The topological polar surface area (TPSA) is 68.3 Å². The van der Waals surface area contributed by atoms with Gasteiger partial charge in [0.15, 0.2) is 11.5 Å². The van der Waals surface area contributed by atoms with Crippen molar-refractivity contribution in [3.8, 4) is 11.5 Å². The van der Waals surface area contributed by atoms with Crippen LogP contribution in [0.25, 0.3) is 0 Å². The van der Waals surface area contributed by atoms with E-state index in [2.05, 4.69) is 0 Å². The van der Waals surface area contributed by atoms with Crippen molar-refractivity contribution in [2.45, 2.75) is 12.8 Å². The number of rotatable bonds is 4. The van der Waals surface area contributed by atoms with Gasteiger partial charge in [-0.3, -0.25) is 9.59 Å². The zero-order chi connectivity index (χ0) is 19.2. The molecule has 2 saturated heterocycles. The molecule has 0 spiro atoms. The van der Waals surface area contributed by atoms with Gasteiger partial charge < -0.3 is 24.0 Å². The van der Waals surface area contributed by atoms with E-state index in [1.54, 1.807) is 48.3 Å². The lowest BCUT2D eigenvalue weighted by Crippen LogP contribution is -2.50. The summed E-state index contributed by atoms with van der Waals surface area (Å²) < 4.78 is 15.8. The molecule has 2 aliphatic heterocycles. The third-order valence-electron chi connectivity index (χ3n) is 4.97. The molecule has 7 heteroatoms. The van der Waals surface area contributed by atoms with Crippen LogP contribution >= 0.6 is 0 Å². The van der Waals surface area contributed by atoms with Crippen LogP contribution in [-0.2, 0) is 9.53 Å². The summed E-state index contributed by atoms with van der Waals surface area (Å²) in [6.07, 6.45) is 3.39. The molecule has 0 unspecified atom stereocenters. The van der Waals surface area contributed by atoms with Crippen molar-refractivity contribution in [2.75, 3.05) is 53.6 Å². The van der Waals surface area contributed by atoms with Crippen LogP contribution < -0.4 is 9.47 Å². The highest BCUT2D eigenvalue weighted by Crippen LogP contribution is 2.28. The Morgan fingerprint density at radius 1 is 0.963 bits per heavy atom. The van der Waals surface area contributed by atoms with Gasteiger partial charge in [0, 0.05) is 37.8 Å². The maximum absolute atomic E-state index is 12.8. The minimum absolute atomic E-state index is 0.0325. The van der Waals surface area contributed by atoms with Crippen molar-refractivity contribution < 1.29 is 23.8 Å². The van der Waals surface area contributed by atoms with E-state index in [1.807, 2.05) is 0 Å². The van der Waals surface area contributed by atoms with Crippen LogP contribution in [0.15, 0.2) is 29.8 Å². The molecule has 0 bridgehead atoms. The fourth-order valence-electron chi connectivity index (χ4n) is 3.33. The zero-order valence-electron chi connectivity index (χ0n) is 15.9. The molecule has 1 aromatic rings. The maximum atomic E-state index is 12.8. The molecule has 1 aromatic carbocycles. The number of amides is 2. The highest BCUT2D eigenvalue weighted by Gasteiger charge is 2.25. The van der Waals surface area contributed by atoms with Gasteiger partial charge in [-0.15, -0.1) is 0 Å². The van der Waals surface area contributed by atoms with E-state index in [0.29, 0.717) is 56.5 Å². The number of ether oxygens (including phenoxy) is 3. The van der Waals surface area contributed by atoms with Crippen LogP contribution in [0.5, 0.6) is 11.5 Å². The standard InChI is InChI=1S/C20H26N2O5/c1-25-17-4-3-16(14-18(17)26-2)20(24)22-9-7-21(8-10-22)19(23)13-15-5-11-27-12-6-15/h3-4,13-14H,5-12H2,1-2H3. The van der Waals surface area contributed by atoms with Crippen LogP contribution in [-0.4, -0.2) is 75.2 Å². The summed E-state index contributed by atoms with van der Waals surface area (Å²) in [5.41, 5.74) is 1.70. The van der Waals surface area contributed by atoms with Crippen molar-refractivity contribution in [1.82, 2.24) is 9.80 Å². The molecule has 3 rings (SSSR count). The first-order valence-electron chi connectivity index (χ1n) is 9.19. The molecule has 2 fully saturated rings. The molecule has 0 aliphatic carbocycles. The van der Waals surface area contributed by atoms with Crippen LogP contribution in [0.2, 0.25) is 0 Å². The van der Waals surface area contributed by atoms with E-state index in [4.69, 9.17) is 14.2 Å². The SMILES string of the molecule is COc1ccc(C(=O)N2CCN(C(=O)C=C3CCOCC3)CC2)cc1OC. The van der Waals surface area contributed by atoms with Crippen LogP contribution in [0.1, 0.15) is 23.2 Å². The van der Waals surface area contributed by atoms with Crippen molar-refractivity contribution in [3.05, 3.63) is 35.4 Å². The van der Waals surface area contributed by atoms with Gasteiger partial charge in [-0.2, -0.15) is 0 Å². The first kappa shape index (κ1) is 19.2. The number of hydrogen-bond donors (Lipinski definition) is 0. The van der Waals surface area contributed by atoms with Gasteiger partial charge in [-0.25, -0.2) is 0 Å². The summed E-state index contributed by atoms with van der Waals surface area (Å²) in [5.74, 6) is 1.09. The third kappa shape index (κ3) is 4.60. The van der Waals surface area contributed by atoms with Crippen molar-refractivity contribution >= 4 is 11.8 Å². The minimum Gasteiger partial charge on any atom is -0.493 e. The Hall–Kier alpha value is -2.54.